The molecule has 0 amide bonds. The average Bonchev–Trinajstić information content (AvgIpc) is 2.95. The quantitative estimate of drug-likeness (QED) is 0.919. The minimum absolute atomic E-state index is 0.256. The number of nitrogens with zero attached hydrogens (tertiary/aromatic N) is 3. The van der Waals surface area contributed by atoms with Gasteiger partial charge < -0.3 is 5.32 Å². The molecular formula is C13H16N4S. The third-order valence-electron chi connectivity index (χ3n) is 3.09. The van der Waals surface area contributed by atoms with Gasteiger partial charge in [-0.25, -0.2) is 0 Å². The third-order valence-corrected chi connectivity index (χ3v) is 4.08. The summed E-state index contributed by atoms with van der Waals surface area (Å²) in [6.07, 6.45) is 1.90. The Bertz CT molecular complexity index is 576. The normalized spacial score (nSPS) is 12.3. The van der Waals surface area contributed by atoms with Crippen molar-refractivity contribution in [3.05, 3.63) is 39.3 Å². The highest BCUT2D eigenvalue weighted by Gasteiger charge is 2.11. The van der Waals surface area contributed by atoms with Crippen LogP contribution in [0.25, 0.3) is 0 Å². The maximum Gasteiger partial charge on any atom is 0.110 e. The minimum atomic E-state index is 0.256. The van der Waals surface area contributed by atoms with Gasteiger partial charge >= 0.3 is 0 Å². The number of nitriles is 1. The molecule has 0 fully saturated rings. The van der Waals surface area contributed by atoms with E-state index in [0.29, 0.717) is 0 Å². The smallest absolute Gasteiger partial charge is 0.110 e. The van der Waals surface area contributed by atoms with Crippen LogP contribution in [0, 0.1) is 18.3 Å². The Balaban J connectivity index is 1.98. The number of aryl methyl sites for hydroxylation is 1. The highest BCUT2D eigenvalue weighted by atomic mass is 32.1. The van der Waals surface area contributed by atoms with Crippen molar-refractivity contribution in [3.63, 3.8) is 0 Å². The largest absolute Gasteiger partial charge is 0.305 e. The van der Waals surface area contributed by atoms with Gasteiger partial charge in [-0.3, -0.25) is 4.68 Å². The molecule has 1 N–H and O–H groups in total. The minimum Gasteiger partial charge on any atom is -0.305 e. The van der Waals surface area contributed by atoms with Gasteiger partial charge in [0.1, 0.15) is 10.9 Å². The topological polar surface area (TPSA) is 53.6 Å². The predicted molar refractivity (Wildman–Crippen MR) is 72.2 cm³/mol. The zero-order valence-corrected chi connectivity index (χ0v) is 11.6. The average molecular weight is 260 g/mol. The molecule has 2 heterocycles. The molecule has 0 spiro atoms. The van der Waals surface area contributed by atoms with Gasteiger partial charge in [0.25, 0.3) is 0 Å². The molecule has 0 radical (unpaired) electrons. The Hall–Kier alpha value is -1.64. The molecule has 4 nitrogen and oxygen atoms in total. The van der Waals surface area contributed by atoms with Crippen molar-refractivity contribution >= 4 is 11.3 Å². The van der Waals surface area contributed by atoms with Gasteiger partial charge in [0.15, 0.2) is 0 Å². The Morgan fingerprint density at radius 3 is 2.89 bits per heavy atom. The highest BCUT2D eigenvalue weighted by Crippen LogP contribution is 2.19. The van der Waals surface area contributed by atoms with E-state index in [9.17, 15) is 0 Å². The van der Waals surface area contributed by atoms with Gasteiger partial charge in [-0.15, -0.1) is 11.3 Å². The second-order valence-corrected chi connectivity index (χ2v) is 5.46. The van der Waals surface area contributed by atoms with Crippen LogP contribution in [0.2, 0.25) is 0 Å². The van der Waals surface area contributed by atoms with Crippen molar-refractivity contribution in [1.29, 1.82) is 5.26 Å². The van der Waals surface area contributed by atoms with Gasteiger partial charge in [-0.1, -0.05) is 0 Å². The van der Waals surface area contributed by atoms with Gasteiger partial charge in [0.05, 0.1) is 6.20 Å². The van der Waals surface area contributed by atoms with E-state index in [1.165, 1.54) is 27.5 Å². The second kappa shape index (κ2) is 5.34. The van der Waals surface area contributed by atoms with Gasteiger partial charge in [-0.2, -0.15) is 10.4 Å². The van der Waals surface area contributed by atoms with Crippen molar-refractivity contribution in [2.45, 2.75) is 26.4 Å². The molecule has 0 aliphatic rings. The van der Waals surface area contributed by atoms with Crippen LogP contribution >= 0.6 is 11.3 Å². The maximum absolute atomic E-state index is 8.77. The first-order chi connectivity index (χ1) is 8.61. The van der Waals surface area contributed by atoms with E-state index >= 15 is 0 Å². The molecule has 2 aromatic heterocycles. The Morgan fingerprint density at radius 2 is 2.33 bits per heavy atom. The molecule has 0 aromatic carbocycles. The van der Waals surface area contributed by atoms with Crippen LogP contribution in [0.1, 0.15) is 34.0 Å². The molecule has 2 rings (SSSR count). The van der Waals surface area contributed by atoms with E-state index in [0.717, 1.165) is 11.4 Å². The Morgan fingerprint density at radius 1 is 1.56 bits per heavy atom. The van der Waals surface area contributed by atoms with Crippen LogP contribution in [0.4, 0.5) is 0 Å². The standard InChI is InChI=1S/C13H16N4S/c1-9(13-8-16-17(3)10(13)2)15-7-12-5-4-11(6-14)18-12/h4-5,8-9,15H,7H2,1-3H3. The molecule has 94 valence electrons. The molecule has 0 bridgehead atoms. The fourth-order valence-electron chi connectivity index (χ4n) is 1.84. The van der Waals surface area contributed by atoms with Gasteiger partial charge in [0, 0.05) is 35.8 Å². The lowest BCUT2D eigenvalue weighted by Gasteiger charge is -2.12. The Kier molecular flexibility index (Phi) is 3.80. The molecule has 0 saturated heterocycles. The number of hydrogen-bond donors (Lipinski definition) is 1. The molecule has 18 heavy (non-hydrogen) atoms. The van der Waals surface area contributed by atoms with Gasteiger partial charge in [-0.05, 0) is 26.0 Å². The van der Waals surface area contributed by atoms with E-state index < -0.39 is 0 Å². The van der Waals surface area contributed by atoms with E-state index in [-0.39, 0.29) is 6.04 Å². The molecule has 5 heteroatoms. The van der Waals surface area contributed by atoms with Crippen molar-refractivity contribution < 1.29 is 0 Å². The molecular weight excluding hydrogens is 244 g/mol. The molecule has 1 atom stereocenters. The molecule has 2 aromatic rings. The third kappa shape index (κ3) is 2.61. The van der Waals surface area contributed by atoms with Crippen LogP contribution in [-0.2, 0) is 13.6 Å². The summed E-state index contributed by atoms with van der Waals surface area (Å²) in [4.78, 5) is 1.94. The number of hydrogen-bond acceptors (Lipinski definition) is 4. The number of thiophene rings is 1. The lowest BCUT2D eigenvalue weighted by Crippen LogP contribution is -2.18. The summed E-state index contributed by atoms with van der Waals surface area (Å²) < 4.78 is 1.88. The van der Waals surface area contributed by atoms with Crippen LogP contribution in [0.5, 0.6) is 0 Å². The summed E-state index contributed by atoms with van der Waals surface area (Å²) in [7, 11) is 1.95. The summed E-state index contributed by atoms with van der Waals surface area (Å²) in [5.74, 6) is 0. The molecule has 0 aliphatic heterocycles. The zero-order valence-electron chi connectivity index (χ0n) is 10.8. The summed E-state index contributed by atoms with van der Waals surface area (Å²) in [5.41, 5.74) is 2.40. The van der Waals surface area contributed by atoms with Crippen molar-refractivity contribution in [2.75, 3.05) is 0 Å². The SMILES string of the molecule is Cc1c(C(C)NCc2ccc(C#N)s2)cnn1C. The lowest BCUT2D eigenvalue weighted by atomic mass is 10.1. The molecule has 0 saturated carbocycles. The second-order valence-electron chi connectivity index (χ2n) is 4.29. The maximum atomic E-state index is 8.77. The summed E-state index contributed by atoms with van der Waals surface area (Å²) in [6.45, 7) is 4.98. The van der Waals surface area contributed by atoms with Crippen molar-refractivity contribution in [3.8, 4) is 6.07 Å². The van der Waals surface area contributed by atoms with Crippen LogP contribution in [0.3, 0.4) is 0 Å². The van der Waals surface area contributed by atoms with E-state index in [1.807, 2.05) is 30.1 Å². The summed E-state index contributed by atoms with van der Waals surface area (Å²) in [5, 5.41) is 16.5. The monoisotopic (exact) mass is 260 g/mol. The predicted octanol–water partition coefficient (Wildman–Crippen LogP) is 2.51. The number of aromatic nitrogens is 2. The first-order valence-electron chi connectivity index (χ1n) is 5.82. The Labute approximate surface area is 111 Å². The first kappa shape index (κ1) is 12.8. The van der Waals surface area contributed by atoms with Gasteiger partial charge in [0.2, 0.25) is 0 Å². The lowest BCUT2D eigenvalue weighted by molar-refractivity contribution is 0.574. The number of nitrogens with one attached hydrogen (secondary N) is 1. The first-order valence-corrected chi connectivity index (χ1v) is 6.64. The van der Waals surface area contributed by atoms with Crippen LogP contribution in [0.15, 0.2) is 18.3 Å². The van der Waals surface area contributed by atoms with E-state index in [2.05, 4.69) is 30.3 Å². The summed E-state index contributed by atoms with van der Waals surface area (Å²) in [6, 6.07) is 6.27. The fourth-order valence-corrected chi connectivity index (χ4v) is 2.59. The zero-order chi connectivity index (χ0) is 13.1. The molecule has 1 unspecified atom stereocenters. The van der Waals surface area contributed by atoms with Crippen molar-refractivity contribution in [1.82, 2.24) is 15.1 Å². The highest BCUT2D eigenvalue weighted by molar-refractivity contribution is 7.12. The fraction of sp³-hybridized carbons (Fsp3) is 0.385. The molecule has 0 aliphatic carbocycles. The number of rotatable bonds is 4. The van der Waals surface area contributed by atoms with E-state index in [1.54, 1.807) is 0 Å². The van der Waals surface area contributed by atoms with Crippen LogP contribution in [-0.4, -0.2) is 9.78 Å². The summed E-state index contributed by atoms with van der Waals surface area (Å²) >= 11 is 1.54. The van der Waals surface area contributed by atoms with E-state index in [4.69, 9.17) is 5.26 Å². The van der Waals surface area contributed by atoms with Crippen LogP contribution < -0.4 is 5.32 Å². The van der Waals surface area contributed by atoms with Crippen molar-refractivity contribution in [2.24, 2.45) is 7.05 Å².